The molecule has 7 heterocycles. The summed E-state index contributed by atoms with van der Waals surface area (Å²) in [6.45, 7) is 47.6. The van der Waals surface area contributed by atoms with E-state index < -0.39 is 30.3 Å². The van der Waals surface area contributed by atoms with E-state index in [1.807, 2.05) is 6.07 Å². The van der Waals surface area contributed by atoms with Crippen molar-refractivity contribution >= 4 is 167 Å². The first-order valence-corrected chi connectivity index (χ1v) is 42.8. The Labute approximate surface area is 712 Å². The molecule has 8 heteroatoms. The molecule has 0 N–H and O–H groups in total. The van der Waals surface area contributed by atoms with Crippen molar-refractivity contribution in [3.63, 3.8) is 0 Å². The fraction of sp³-hybridized carbons (Fsp3) is 0.250. The maximum absolute atomic E-state index is 9.67. The number of rotatable bonds is 6. The summed E-state index contributed by atoms with van der Waals surface area (Å²) in [6.07, 6.45) is 0. The first-order valence-electron chi connectivity index (χ1n) is 45.3. The molecule has 0 spiro atoms. The molecule has 0 aliphatic carbocycles. The zero-order valence-corrected chi connectivity index (χ0v) is 73.1. The standard InChI is InChI=1S/C112H106BN5O2/c1-106(2,3)67-40-49-87-79(56-67)80-57-68(107(4,5)6)41-50-88(80)114(87)74-46-48-86-98(64-74)118(96-38-28-34-78-76-32-26-36-94(103(76)120-105(78)96)116-91-53-44-71(110(13,14)15)60-83(91)84-61-72(111(16,17)18)45-54-92(84)116)100-63-73(112(19,20)21)62-99-101(100)113(86)85-47-39-66(65-29-23-22-24-30-65)55-97(85)117(99)95-37-27-33-77-75-31-25-35-93(102(75)119-104(77)95)115-89-51-42-69(108(7,8)9)58-81(89)82-59-70(109(10,11)12)43-52-90(82)115/h22-64H,1-21H3/i22D,23D,24D,29D,30D. The highest BCUT2D eigenvalue weighted by Crippen LogP contribution is 2.54. The molecule has 5 aromatic heterocycles. The number of hydrogen-bond acceptors (Lipinski definition) is 4. The molecular formula is C112H106BN5O2. The molecular weight excluding hydrogens is 1460 g/mol. The lowest BCUT2D eigenvalue weighted by molar-refractivity contribution is 0.590. The molecule has 2 aliphatic rings. The van der Waals surface area contributed by atoms with Crippen molar-refractivity contribution in [3.8, 4) is 28.2 Å². The van der Waals surface area contributed by atoms with Gasteiger partial charge in [-0.15, -0.1) is 0 Å². The molecule has 0 saturated carbocycles. The number of para-hydroxylation sites is 4. The Kier molecular flexibility index (Phi) is 14.9. The van der Waals surface area contributed by atoms with Crippen molar-refractivity contribution in [1.82, 2.24) is 13.7 Å². The van der Waals surface area contributed by atoms with Crippen LogP contribution in [-0.4, -0.2) is 20.4 Å². The van der Waals surface area contributed by atoms with Gasteiger partial charge in [0.05, 0.1) is 62.7 Å². The van der Waals surface area contributed by atoms with E-state index in [4.69, 9.17) is 10.2 Å². The van der Waals surface area contributed by atoms with Gasteiger partial charge in [-0.1, -0.05) is 279 Å². The van der Waals surface area contributed by atoms with Crippen molar-refractivity contribution in [2.75, 3.05) is 9.80 Å². The van der Waals surface area contributed by atoms with Crippen molar-refractivity contribution < 1.29 is 15.7 Å². The van der Waals surface area contributed by atoms with E-state index in [1.54, 1.807) is 0 Å². The summed E-state index contributed by atoms with van der Waals surface area (Å²) in [4.78, 5) is 4.88. The van der Waals surface area contributed by atoms with E-state index in [0.29, 0.717) is 11.1 Å². The molecule has 0 amide bonds. The molecule has 0 atom stereocenters. The minimum atomic E-state index is -0.468. The van der Waals surface area contributed by atoms with Crippen LogP contribution in [0.25, 0.3) is 137 Å². The lowest BCUT2D eigenvalue weighted by atomic mass is 9.33. The summed E-state index contributed by atoms with van der Waals surface area (Å²) in [6, 6.07) is 84.8. The van der Waals surface area contributed by atoms with E-state index in [1.165, 1.54) is 65.7 Å². The second-order valence-corrected chi connectivity index (χ2v) is 41.5. The second-order valence-electron chi connectivity index (χ2n) is 41.5. The van der Waals surface area contributed by atoms with Gasteiger partial charge in [-0.25, -0.2) is 0 Å². The van der Waals surface area contributed by atoms with Crippen LogP contribution in [0.2, 0.25) is 0 Å². The second kappa shape index (κ2) is 25.6. The third kappa shape index (κ3) is 11.5. The number of benzene rings is 14. The topological polar surface area (TPSA) is 47.6 Å². The summed E-state index contributed by atoms with van der Waals surface area (Å²) in [5.74, 6) is 0. The Morgan fingerprint density at radius 1 is 0.242 bits per heavy atom. The average molecular weight is 1570 g/mol. The van der Waals surface area contributed by atoms with E-state index in [0.717, 1.165) is 145 Å². The van der Waals surface area contributed by atoms with E-state index >= 15 is 0 Å². The molecule has 0 unspecified atom stereocenters. The molecule has 0 saturated heterocycles. The number of anilines is 6. The maximum atomic E-state index is 9.67. The molecule has 21 rings (SSSR count). The summed E-state index contributed by atoms with van der Waals surface area (Å²) in [7, 11) is 0. The lowest BCUT2D eigenvalue weighted by Crippen LogP contribution is -2.61. The number of fused-ring (bicyclic) bond motifs is 19. The quantitative estimate of drug-likeness (QED) is 0.156. The largest absolute Gasteiger partial charge is 0.452 e. The van der Waals surface area contributed by atoms with Crippen LogP contribution < -0.4 is 26.2 Å². The highest BCUT2D eigenvalue weighted by Gasteiger charge is 2.46. The Hall–Kier alpha value is -12.3. The zero-order chi connectivity index (χ0) is 87.8. The van der Waals surface area contributed by atoms with Gasteiger partial charge >= 0.3 is 0 Å². The van der Waals surface area contributed by atoms with Crippen molar-refractivity contribution in [3.05, 3.63) is 300 Å². The predicted octanol–water partition coefficient (Wildman–Crippen LogP) is 29.6. The Balaban J connectivity index is 0.867. The van der Waals surface area contributed by atoms with Gasteiger partial charge < -0.3 is 32.3 Å². The van der Waals surface area contributed by atoms with Gasteiger partial charge in [0.25, 0.3) is 6.71 Å². The van der Waals surface area contributed by atoms with Gasteiger partial charge in [-0.2, -0.15) is 0 Å². The normalized spacial score (nSPS) is 14.4. The molecule has 120 heavy (non-hydrogen) atoms. The monoisotopic (exact) mass is 1570 g/mol. The average Bonchev–Trinajstić information content (AvgIpc) is 1.67. The Morgan fingerprint density at radius 3 is 0.875 bits per heavy atom. The summed E-state index contributed by atoms with van der Waals surface area (Å²) in [5, 5.41) is 11.0. The fourth-order valence-corrected chi connectivity index (χ4v) is 19.6. The first-order chi connectivity index (χ1) is 59.0. The third-order valence-electron chi connectivity index (χ3n) is 26.4. The smallest absolute Gasteiger partial charge is 0.252 e. The number of hydrogen-bond donors (Lipinski definition) is 0. The van der Waals surface area contributed by atoms with Gasteiger partial charge in [0.2, 0.25) is 0 Å². The number of furan rings is 2. The van der Waals surface area contributed by atoms with Crippen molar-refractivity contribution in [1.29, 1.82) is 0 Å². The van der Waals surface area contributed by atoms with Gasteiger partial charge in [-0.05, 0) is 232 Å². The van der Waals surface area contributed by atoms with Crippen LogP contribution in [0.3, 0.4) is 0 Å². The van der Waals surface area contributed by atoms with Gasteiger partial charge in [0, 0.05) is 82.3 Å². The van der Waals surface area contributed by atoms with Crippen LogP contribution in [0, 0.1) is 0 Å². The van der Waals surface area contributed by atoms with Gasteiger partial charge in [0.1, 0.15) is 0 Å². The van der Waals surface area contributed by atoms with Crippen LogP contribution in [0.15, 0.2) is 270 Å². The first kappa shape index (κ1) is 69.7. The predicted molar refractivity (Wildman–Crippen MR) is 514 cm³/mol. The molecule has 594 valence electrons. The van der Waals surface area contributed by atoms with Crippen LogP contribution in [0.4, 0.5) is 34.1 Å². The Bertz CT molecular complexity index is 7680. The van der Waals surface area contributed by atoms with Crippen molar-refractivity contribution in [2.45, 2.75) is 183 Å². The minimum Gasteiger partial charge on any atom is -0.452 e. The molecule has 0 fully saturated rings. The summed E-state index contributed by atoms with van der Waals surface area (Å²) < 4.78 is 69.6. The fourth-order valence-electron chi connectivity index (χ4n) is 19.6. The summed E-state index contributed by atoms with van der Waals surface area (Å²) in [5.41, 5.74) is 28.8. The molecule has 14 aromatic carbocycles. The van der Waals surface area contributed by atoms with Gasteiger partial charge in [-0.3, -0.25) is 0 Å². The van der Waals surface area contributed by atoms with Crippen LogP contribution in [0.1, 0.15) is 191 Å². The number of nitrogens with zero attached hydrogens (tertiary/aromatic N) is 5. The van der Waals surface area contributed by atoms with E-state index in [2.05, 4.69) is 393 Å². The maximum Gasteiger partial charge on any atom is 0.252 e. The molecule has 0 bridgehead atoms. The highest BCUT2D eigenvalue weighted by atomic mass is 16.3. The number of aromatic nitrogens is 3. The zero-order valence-electron chi connectivity index (χ0n) is 78.1. The summed E-state index contributed by atoms with van der Waals surface area (Å²) >= 11 is 0. The SMILES string of the molecule is [2H]c1c([2H])c([2H])c(-c2ccc3c(c2)N(c2cccc4c2oc2c(-n5c6ccc(C(C)(C)C)cc6c6cc(C(C)(C)C)ccc65)cccc24)c2cc(C(C)(C)C)cc4c2B3c2ccc(-n3c5ccc(C(C)(C)C)cc5c5cc(C(C)(C)C)ccc53)cc2N4c2cccc3c2oc2c(-n4c5ccc(C(C)(C)C)cc5c5cc(C(C)(C)C)ccc54)cccc23)c([2H])c1[2H]. The molecule has 2 aliphatic heterocycles. The van der Waals surface area contributed by atoms with Crippen molar-refractivity contribution in [2.24, 2.45) is 0 Å². The molecule has 19 aromatic rings. The van der Waals surface area contributed by atoms with E-state index in [-0.39, 0.29) is 50.1 Å². The molecule has 7 nitrogen and oxygen atoms in total. The van der Waals surface area contributed by atoms with E-state index in [9.17, 15) is 5.48 Å². The molecule has 0 radical (unpaired) electrons. The lowest BCUT2D eigenvalue weighted by Gasteiger charge is -2.45. The van der Waals surface area contributed by atoms with Crippen LogP contribution in [0.5, 0.6) is 0 Å². The minimum absolute atomic E-state index is 0.0878. The Morgan fingerprint density at radius 2 is 0.542 bits per heavy atom. The third-order valence-corrected chi connectivity index (χ3v) is 26.4. The highest BCUT2D eigenvalue weighted by molar-refractivity contribution is 7.00. The van der Waals surface area contributed by atoms with Gasteiger partial charge in [0.15, 0.2) is 22.3 Å². The van der Waals surface area contributed by atoms with Crippen LogP contribution >= 0.6 is 0 Å². The van der Waals surface area contributed by atoms with Crippen LogP contribution in [-0.2, 0) is 37.9 Å².